The lowest BCUT2D eigenvalue weighted by Gasteiger charge is -2.39. The zero-order chi connectivity index (χ0) is 16.8. The van der Waals surface area contributed by atoms with Gasteiger partial charge in [0, 0.05) is 26.2 Å². The van der Waals surface area contributed by atoms with Crippen LogP contribution in [0.5, 0.6) is 5.75 Å². The highest BCUT2D eigenvalue weighted by Crippen LogP contribution is 2.22. The lowest BCUT2D eigenvalue weighted by atomic mass is 10.1. The average Bonchev–Trinajstić information content (AvgIpc) is 2.59. The molecule has 0 saturated carbocycles. The van der Waals surface area contributed by atoms with Gasteiger partial charge >= 0.3 is 6.03 Å². The van der Waals surface area contributed by atoms with Crippen molar-refractivity contribution >= 4 is 6.03 Å². The Hall–Kier alpha value is -1.79. The van der Waals surface area contributed by atoms with Gasteiger partial charge in [0.2, 0.25) is 0 Å². The Morgan fingerprint density at radius 3 is 2.79 bits per heavy atom. The highest BCUT2D eigenvalue weighted by Gasteiger charge is 2.32. The van der Waals surface area contributed by atoms with E-state index < -0.39 is 0 Å². The number of hydrogen-bond acceptors (Lipinski definition) is 4. The molecule has 2 saturated heterocycles. The highest BCUT2D eigenvalue weighted by atomic mass is 16.5. The average molecular weight is 333 g/mol. The third-order valence-electron chi connectivity index (χ3n) is 4.59. The van der Waals surface area contributed by atoms with E-state index in [1.165, 1.54) is 5.56 Å². The summed E-state index contributed by atoms with van der Waals surface area (Å²) in [6.07, 6.45) is 1.05. The zero-order valence-corrected chi connectivity index (χ0v) is 14.4. The number of hydrogen-bond donors (Lipinski definition) is 1. The molecule has 1 aromatic rings. The van der Waals surface area contributed by atoms with Crippen LogP contribution in [-0.2, 0) is 11.2 Å². The van der Waals surface area contributed by atoms with Crippen molar-refractivity contribution in [2.24, 2.45) is 0 Å². The molecule has 1 N–H and O–H groups in total. The van der Waals surface area contributed by atoms with Gasteiger partial charge in [-0.25, -0.2) is 4.79 Å². The standard InChI is InChI=1S/C18H27N3O3/c1-2-15-5-3-4-6-17(15)24-16-13-21(14-16)18(22)19-7-8-20-9-11-23-12-10-20/h3-6,16H,2,7-14H2,1H3,(H,19,22). The van der Waals surface area contributed by atoms with Crippen LogP contribution in [0.1, 0.15) is 12.5 Å². The van der Waals surface area contributed by atoms with Gasteiger partial charge in [-0.15, -0.1) is 0 Å². The van der Waals surface area contributed by atoms with E-state index >= 15 is 0 Å². The Balaban J connectivity index is 1.34. The molecular weight excluding hydrogens is 306 g/mol. The van der Waals surface area contributed by atoms with E-state index in [-0.39, 0.29) is 12.1 Å². The highest BCUT2D eigenvalue weighted by molar-refractivity contribution is 5.75. The summed E-state index contributed by atoms with van der Waals surface area (Å²) < 4.78 is 11.3. The van der Waals surface area contributed by atoms with Crippen LogP contribution in [0.25, 0.3) is 0 Å². The maximum Gasteiger partial charge on any atom is 0.317 e. The summed E-state index contributed by atoms with van der Waals surface area (Å²) in [5, 5.41) is 2.99. The normalized spacial score (nSPS) is 19.0. The number of ether oxygens (including phenoxy) is 2. The van der Waals surface area contributed by atoms with Crippen LogP contribution in [0.15, 0.2) is 24.3 Å². The number of benzene rings is 1. The number of rotatable bonds is 6. The SMILES string of the molecule is CCc1ccccc1OC1CN(C(=O)NCCN2CCOCC2)C1. The molecule has 0 spiro atoms. The molecular formula is C18H27N3O3. The fraction of sp³-hybridized carbons (Fsp3) is 0.611. The van der Waals surface area contributed by atoms with Crippen LogP contribution in [0.3, 0.4) is 0 Å². The van der Waals surface area contributed by atoms with Gasteiger partial charge in [0.05, 0.1) is 26.3 Å². The predicted octanol–water partition coefficient (Wildman–Crippen LogP) is 1.35. The first-order chi connectivity index (χ1) is 11.8. The first kappa shape index (κ1) is 17.0. The minimum Gasteiger partial charge on any atom is -0.486 e. The van der Waals surface area contributed by atoms with Crippen LogP contribution in [0.4, 0.5) is 4.79 Å². The van der Waals surface area contributed by atoms with E-state index in [9.17, 15) is 4.79 Å². The molecule has 2 aliphatic rings. The van der Waals surface area contributed by atoms with Crippen LogP contribution in [0.2, 0.25) is 0 Å². The van der Waals surface area contributed by atoms with Crippen molar-refractivity contribution in [3.63, 3.8) is 0 Å². The number of urea groups is 1. The van der Waals surface area contributed by atoms with Gasteiger partial charge in [-0.2, -0.15) is 0 Å². The third kappa shape index (κ3) is 4.39. The van der Waals surface area contributed by atoms with Crippen LogP contribution in [0, 0.1) is 0 Å². The first-order valence-corrected chi connectivity index (χ1v) is 8.83. The van der Waals surface area contributed by atoms with Crippen molar-refractivity contribution in [3.05, 3.63) is 29.8 Å². The van der Waals surface area contributed by atoms with Crippen molar-refractivity contribution in [3.8, 4) is 5.75 Å². The predicted molar refractivity (Wildman–Crippen MR) is 92.5 cm³/mol. The molecule has 0 aromatic heterocycles. The van der Waals surface area contributed by atoms with Gasteiger partial charge in [0.1, 0.15) is 11.9 Å². The second kappa shape index (κ2) is 8.35. The van der Waals surface area contributed by atoms with E-state index in [1.807, 2.05) is 18.2 Å². The van der Waals surface area contributed by atoms with E-state index in [2.05, 4.69) is 23.2 Å². The molecule has 24 heavy (non-hydrogen) atoms. The summed E-state index contributed by atoms with van der Waals surface area (Å²) in [6.45, 7) is 8.47. The maximum atomic E-state index is 12.1. The molecule has 0 aliphatic carbocycles. The van der Waals surface area contributed by atoms with E-state index in [0.717, 1.165) is 45.0 Å². The molecule has 132 valence electrons. The molecule has 3 rings (SSSR count). The molecule has 6 nitrogen and oxygen atoms in total. The quantitative estimate of drug-likeness (QED) is 0.854. The molecule has 0 radical (unpaired) electrons. The number of carbonyl (C=O) groups excluding carboxylic acids is 1. The second-order valence-electron chi connectivity index (χ2n) is 6.29. The van der Waals surface area contributed by atoms with Gasteiger partial charge in [-0.05, 0) is 18.1 Å². The lowest BCUT2D eigenvalue weighted by Crippen LogP contribution is -2.59. The van der Waals surface area contributed by atoms with Crippen molar-refractivity contribution in [2.75, 3.05) is 52.5 Å². The van der Waals surface area contributed by atoms with Gasteiger partial charge in [-0.3, -0.25) is 4.90 Å². The Bertz CT molecular complexity index is 540. The Morgan fingerprint density at radius 2 is 2.04 bits per heavy atom. The van der Waals surface area contributed by atoms with Crippen LogP contribution in [-0.4, -0.2) is 74.4 Å². The number of carbonyl (C=O) groups is 1. The van der Waals surface area contributed by atoms with E-state index in [0.29, 0.717) is 19.6 Å². The van der Waals surface area contributed by atoms with Gasteiger partial charge in [-0.1, -0.05) is 25.1 Å². The molecule has 1 aromatic carbocycles. The summed E-state index contributed by atoms with van der Waals surface area (Å²) >= 11 is 0. The molecule has 2 heterocycles. The molecule has 2 fully saturated rings. The van der Waals surface area contributed by atoms with Crippen molar-refractivity contribution in [2.45, 2.75) is 19.4 Å². The number of nitrogens with zero attached hydrogens (tertiary/aromatic N) is 2. The largest absolute Gasteiger partial charge is 0.486 e. The van der Waals surface area contributed by atoms with E-state index in [1.54, 1.807) is 4.90 Å². The number of aryl methyl sites for hydroxylation is 1. The number of likely N-dealkylation sites (tertiary alicyclic amines) is 1. The Kier molecular flexibility index (Phi) is 5.93. The molecule has 2 aliphatic heterocycles. The van der Waals surface area contributed by atoms with E-state index in [4.69, 9.17) is 9.47 Å². The Morgan fingerprint density at radius 1 is 1.29 bits per heavy atom. The minimum absolute atomic E-state index is 0.00638. The maximum absolute atomic E-state index is 12.1. The van der Waals surface area contributed by atoms with Gasteiger partial charge < -0.3 is 19.7 Å². The van der Waals surface area contributed by atoms with Gasteiger partial charge in [0.25, 0.3) is 0 Å². The summed E-state index contributed by atoms with van der Waals surface area (Å²) in [5.41, 5.74) is 1.21. The number of amides is 2. The van der Waals surface area contributed by atoms with Crippen molar-refractivity contribution < 1.29 is 14.3 Å². The third-order valence-corrected chi connectivity index (χ3v) is 4.59. The minimum atomic E-state index is 0.00638. The van der Waals surface area contributed by atoms with Crippen molar-refractivity contribution in [1.82, 2.24) is 15.1 Å². The number of para-hydroxylation sites is 1. The Labute approximate surface area is 143 Å². The summed E-state index contributed by atoms with van der Waals surface area (Å²) in [4.78, 5) is 16.2. The zero-order valence-electron chi connectivity index (χ0n) is 14.4. The fourth-order valence-electron chi connectivity index (χ4n) is 3.03. The summed E-state index contributed by atoms with van der Waals surface area (Å²) in [6, 6.07) is 8.12. The smallest absolute Gasteiger partial charge is 0.317 e. The van der Waals surface area contributed by atoms with Gasteiger partial charge in [0.15, 0.2) is 0 Å². The van der Waals surface area contributed by atoms with Crippen LogP contribution >= 0.6 is 0 Å². The molecule has 0 atom stereocenters. The molecule has 2 amide bonds. The number of morpholine rings is 1. The molecule has 0 unspecified atom stereocenters. The van der Waals surface area contributed by atoms with Crippen molar-refractivity contribution in [1.29, 1.82) is 0 Å². The monoisotopic (exact) mass is 333 g/mol. The summed E-state index contributed by atoms with van der Waals surface area (Å²) in [7, 11) is 0. The number of nitrogens with one attached hydrogen (secondary N) is 1. The first-order valence-electron chi connectivity index (χ1n) is 8.83. The topological polar surface area (TPSA) is 54.0 Å². The second-order valence-corrected chi connectivity index (χ2v) is 6.29. The molecule has 0 bridgehead atoms. The molecule has 6 heteroatoms. The van der Waals surface area contributed by atoms with Crippen LogP contribution < -0.4 is 10.1 Å². The fourth-order valence-corrected chi connectivity index (χ4v) is 3.03. The lowest BCUT2D eigenvalue weighted by molar-refractivity contribution is 0.0353. The summed E-state index contributed by atoms with van der Waals surface area (Å²) in [5.74, 6) is 0.942.